The number of ether oxygens (including phenoxy) is 2. The highest BCUT2D eigenvalue weighted by molar-refractivity contribution is 5.86. The summed E-state index contributed by atoms with van der Waals surface area (Å²) in [6.07, 6.45) is 4.51. The minimum absolute atomic E-state index is 0.123. The molecule has 154 valence electrons. The summed E-state index contributed by atoms with van der Waals surface area (Å²) in [7, 11) is 1.71. The molecule has 3 rings (SSSR count). The van der Waals surface area contributed by atoms with Crippen LogP contribution in [0.1, 0.15) is 44.2 Å². The molecule has 2 heterocycles. The standard InChI is InChI=1S/C21H32N4O3/c1-4-27-18-11-16-10-15(2)28-19(16)12-17(18)13-23-21(22-3)24-14-20(26)25-8-6-5-7-9-25/h11-12,15H,4-10,13-14H2,1-3H3,(H2,22,23,24). The van der Waals surface area contributed by atoms with Crippen LogP contribution in [0.25, 0.3) is 0 Å². The number of nitrogens with zero attached hydrogens (tertiary/aromatic N) is 2. The van der Waals surface area contributed by atoms with Gasteiger partial charge in [0.05, 0.1) is 13.2 Å². The molecule has 7 nitrogen and oxygen atoms in total. The zero-order valence-electron chi connectivity index (χ0n) is 17.2. The first-order valence-electron chi connectivity index (χ1n) is 10.3. The molecule has 7 heteroatoms. The van der Waals surface area contributed by atoms with Crippen LogP contribution in [0.2, 0.25) is 0 Å². The van der Waals surface area contributed by atoms with Crippen molar-refractivity contribution in [2.24, 2.45) is 4.99 Å². The second kappa shape index (κ2) is 9.66. The SMILES string of the molecule is CCOc1cc2c(cc1CNC(=NC)NCC(=O)N1CCCCC1)OC(C)C2. The van der Waals surface area contributed by atoms with Crippen LogP contribution < -0.4 is 20.1 Å². The lowest BCUT2D eigenvalue weighted by molar-refractivity contribution is -0.130. The van der Waals surface area contributed by atoms with E-state index < -0.39 is 0 Å². The molecule has 1 amide bonds. The van der Waals surface area contributed by atoms with Gasteiger partial charge in [0.1, 0.15) is 17.6 Å². The monoisotopic (exact) mass is 388 g/mol. The van der Waals surface area contributed by atoms with Crippen molar-refractivity contribution >= 4 is 11.9 Å². The van der Waals surface area contributed by atoms with Gasteiger partial charge in [0.2, 0.25) is 5.91 Å². The van der Waals surface area contributed by atoms with Gasteiger partial charge in [-0.1, -0.05) is 0 Å². The smallest absolute Gasteiger partial charge is 0.241 e. The zero-order chi connectivity index (χ0) is 19.9. The number of aliphatic imine (C=N–C) groups is 1. The van der Waals surface area contributed by atoms with Crippen LogP contribution in [0.5, 0.6) is 11.5 Å². The summed E-state index contributed by atoms with van der Waals surface area (Å²) < 4.78 is 11.7. The number of amides is 1. The minimum atomic E-state index is 0.123. The molecule has 1 unspecified atom stereocenters. The molecule has 0 spiro atoms. The lowest BCUT2D eigenvalue weighted by atomic mass is 10.1. The zero-order valence-corrected chi connectivity index (χ0v) is 17.2. The fourth-order valence-corrected chi connectivity index (χ4v) is 3.72. The molecule has 0 bridgehead atoms. The Balaban J connectivity index is 1.57. The first-order chi connectivity index (χ1) is 13.6. The third-order valence-electron chi connectivity index (χ3n) is 5.16. The van der Waals surface area contributed by atoms with Gasteiger partial charge in [0, 0.05) is 44.2 Å². The fraction of sp³-hybridized carbons (Fsp3) is 0.619. The van der Waals surface area contributed by atoms with E-state index >= 15 is 0 Å². The molecule has 1 saturated heterocycles. The Bertz CT molecular complexity index is 714. The topological polar surface area (TPSA) is 75.2 Å². The van der Waals surface area contributed by atoms with Gasteiger partial charge >= 0.3 is 0 Å². The molecular formula is C21H32N4O3. The van der Waals surface area contributed by atoms with Crippen molar-refractivity contribution in [2.45, 2.75) is 52.2 Å². The van der Waals surface area contributed by atoms with Crippen LogP contribution in [0.4, 0.5) is 0 Å². The van der Waals surface area contributed by atoms with Crippen molar-refractivity contribution in [3.8, 4) is 11.5 Å². The summed E-state index contributed by atoms with van der Waals surface area (Å²) in [6, 6.07) is 4.12. The summed E-state index contributed by atoms with van der Waals surface area (Å²) >= 11 is 0. The maximum absolute atomic E-state index is 12.3. The molecule has 2 aliphatic heterocycles. The van der Waals surface area contributed by atoms with Crippen molar-refractivity contribution in [1.29, 1.82) is 0 Å². The highest BCUT2D eigenvalue weighted by Crippen LogP contribution is 2.35. The van der Waals surface area contributed by atoms with Crippen molar-refractivity contribution in [3.05, 3.63) is 23.3 Å². The van der Waals surface area contributed by atoms with Gasteiger partial charge in [-0.25, -0.2) is 0 Å². The van der Waals surface area contributed by atoms with Crippen LogP contribution in [-0.4, -0.2) is 56.2 Å². The number of likely N-dealkylation sites (tertiary alicyclic amines) is 1. The van der Waals surface area contributed by atoms with Crippen LogP contribution in [-0.2, 0) is 17.8 Å². The molecule has 28 heavy (non-hydrogen) atoms. The lowest BCUT2D eigenvalue weighted by Crippen LogP contribution is -2.45. The van der Waals surface area contributed by atoms with Crippen molar-refractivity contribution in [1.82, 2.24) is 15.5 Å². The predicted octanol–water partition coefficient (Wildman–Crippen LogP) is 2.09. The van der Waals surface area contributed by atoms with Crippen LogP contribution in [0.15, 0.2) is 17.1 Å². The highest BCUT2D eigenvalue weighted by Gasteiger charge is 2.22. The maximum atomic E-state index is 12.3. The van der Waals surface area contributed by atoms with Crippen molar-refractivity contribution in [3.63, 3.8) is 0 Å². The van der Waals surface area contributed by atoms with Gasteiger partial charge in [0.25, 0.3) is 0 Å². The molecule has 2 aliphatic rings. The lowest BCUT2D eigenvalue weighted by Gasteiger charge is -2.27. The first kappa shape index (κ1) is 20.3. The molecule has 0 aromatic heterocycles. The molecule has 1 fully saturated rings. The summed E-state index contributed by atoms with van der Waals surface area (Å²) in [5.74, 6) is 2.52. The van der Waals surface area contributed by atoms with Gasteiger partial charge < -0.3 is 25.0 Å². The normalized spacial score (nSPS) is 19.0. The highest BCUT2D eigenvalue weighted by atomic mass is 16.5. The molecule has 1 atom stereocenters. The molecule has 1 aromatic rings. The average molecular weight is 389 g/mol. The van der Waals surface area contributed by atoms with Gasteiger partial charge in [0.15, 0.2) is 5.96 Å². The van der Waals surface area contributed by atoms with E-state index in [-0.39, 0.29) is 18.6 Å². The first-order valence-corrected chi connectivity index (χ1v) is 10.3. The van der Waals surface area contributed by atoms with Crippen molar-refractivity contribution < 1.29 is 14.3 Å². The van der Waals surface area contributed by atoms with Crippen LogP contribution >= 0.6 is 0 Å². The molecular weight excluding hydrogens is 356 g/mol. The Labute approximate surface area is 167 Å². The minimum Gasteiger partial charge on any atom is -0.494 e. The van der Waals surface area contributed by atoms with E-state index in [1.54, 1.807) is 7.05 Å². The van der Waals surface area contributed by atoms with Gasteiger partial charge in [-0.15, -0.1) is 0 Å². The Morgan fingerprint density at radius 2 is 2.07 bits per heavy atom. The Morgan fingerprint density at radius 3 is 2.79 bits per heavy atom. The molecule has 2 N–H and O–H groups in total. The van der Waals surface area contributed by atoms with E-state index in [9.17, 15) is 4.79 Å². The Kier molecular flexibility index (Phi) is 7.01. The second-order valence-electron chi connectivity index (χ2n) is 7.35. The van der Waals surface area contributed by atoms with Gasteiger partial charge in [-0.2, -0.15) is 0 Å². The average Bonchev–Trinajstić information content (AvgIpc) is 3.07. The van der Waals surface area contributed by atoms with E-state index in [0.717, 1.165) is 49.4 Å². The largest absolute Gasteiger partial charge is 0.494 e. The maximum Gasteiger partial charge on any atom is 0.241 e. The number of rotatable bonds is 6. The molecule has 1 aromatic carbocycles. The number of carbonyl (C=O) groups is 1. The van der Waals surface area contributed by atoms with E-state index in [2.05, 4.69) is 28.6 Å². The quantitative estimate of drug-likeness (QED) is 0.577. The van der Waals surface area contributed by atoms with Gasteiger partial charge in [-0.05, 0) is 45.2 Å². The number of fused-ring (bicyclic) bond motifs is 1. The summed E-state index contributed by atoms with van der Waals surface area (Å²) in [5.41, 5.74) is 2.20. The number of piperidine rings is 1. The van der Waals surface area contributed by atoms with Crippen LogP contribution in [0.3, 0.4) is 0 Å². The number of benzene rings is 1. The summed E-state index contributed by atoms with van der Waals surface area (Å²) in [4.78, 5) is 18.5. The number of guanidine groups is 1. The predicted molar refractivity (Wildman–Crippen MR) is 110 cm³/mol. The number of nitrogens with one attached hydrogen (secondary N) is 2. The number of hydrogen-bond acceptors (Lipinski definition) is 4. The molecule has 0 radical (unpaired) electrons. The second-order valence-corrected chi connectivity index (χ2v) is 7.35. The molecule has 0 saturated carbocycles. The molecule has 0 aliphatic carbocycles. The van der Waals surface area contributed by atoms with Crippen molar-refractivity contribution in [2.75, 3.05) is 33.3 Å². The third-order valence-corrected chi connectivity index (χ3v) is 5.16. The van der Waals surface area contributed by atoms with Crippen LogP contribution in [0, 0.1) is 0 Å². The fourth-order valence-electron chi connectivity index (χ4n) is 3.72. The van der Waals surface area contributed by atoms with Gasteiger partial charge in [-0.3, -0.25) is 9.79 Å². The Hall–Kier alpha value is -2.44. The number of hydrogen-bond donors (Lipinski definition) is 2. The van der Waals surface area contributed by atoms with E-state index in [4.69, 9.17) is 9.47 Å². The number of carbonyl (C=O) groups excluding carboxylic acids is 1. The van der Waals surface area contributed by atoms with E-state index in [0.29, 0.717) is 19.1 Å². The Morgan fingerprint density at radius 1 is 1.29 bits per heavy atom. The van der Waals surface area contributed by atoms with E-state index in [1.807, 2.05) is 17.9 Å². The van der Waals surface area contributed by atoms with E-state index in [1.165, 1.54) is 12.0 Å². The summed E-state index contributed by atoms with van der Waals surface area (Å²) in [5, 5.41) is 6.40. The summed E-state index contributed by atoms with van der Waals surface area (Å²) in [6.45, 7) is 7.18. The third kappa shape index (κ3) is 5.09.